The van der Waals surface area contributed by atoms with Crippen molar-refractivity contribution in [1.29, 1.82) is 0 Å². The molecule has 0 aromatic heterocycles. The highest BCUT2D eigenvalue weighted by Crippen LogP contribution is 2.30. The minimum absolute atomic E-state index is 0.346. The maximum Gasteiger partial charge on any atom is 0.242 e. The lowest BCUT2D eigenvalue weighted by Crippen LogP contribution is -2.29. The second kappa shape index (κ2) is 8.22. The molecule has 0 saturated heterocycles. The largest absolute Gasteiger partial charge is 0.542 e. The van der Waals surface area contributed by atoms with E-state index in [2.05, 4.69) is 26.6 Å². The summed E-state index contributed by atoms with van der Waals surface area (Å²) in [5, 5.41) is 0. The van der Waals surface area contributed by atoms with Gasteiger partial charge in [-0.05, 0) is 50.2 Å². The van der Waals surface area contributed by atoms with Gasteiger partial charge in [0, 0.05) is 12.8 Å². The lowest BCUT2D eigenvalue weighted by Gasteiger charge is -2.21. The predicted octanol–water partition coefficient (Wildman–Crippen LogP) is 4.60. The first-order valence-corrected chi connectivity index (χ1v) is 11.1. The maximum absolute atomic E-state index is 11.7. The number of Topliss-reactive ketones (excluding diaryl/α,β-unsaturated/α-hetero) is 1. The van der Waals surface area contributed by atoms with Gasteiger partial charge in [-0.3, -0.25) is 4.79 Å². The molecule has 0 heterocycles. The number of aryl methyl sites for hydroxylation is 1. The van der Waals surface area contributed by atoms with Gasteiger partial charge in [0.25, 0.3) is 0 Å². The van der Waals surface area contributed by atoms with E-state index in [4.69, 9.17) is 9.16 Å². The molecule has 21 heavy (non-hydrogen) atoms. The van der Waals surface area contributed by atoms with Crippen molar-refractivity contribution in [3.05, 3.63) is 23.8 Å². The molecular formula is C17H28O3Si. The van der Waals surface area contributed by atoms with Gasteiger partial charge in [-0.25, -0.2) is 0 Å². The van der Waals surface area contributed by atoms with Crippen molar-refractivity contribution in [2.45, 2.75) is 58.7 Å². The van der Waals surface area contributed by atoms with Gasteiger partial charge in [0.1, 0.15) is 11.5 Å². The van der Waals surface area contributed by atoms with Gasteiger partial charge in [-0.2, -0.15) is 0 Å². The van der Waals surface area contributed by atoms with Crippen LogP contribution in [0.15, 0.2) is 18.2 Å². The summed E-state index contributed by atoms with van der Waals surface area (Å²) < 4.78 is 11.4. The minimum atomic E-state index is -1.65. The first-order valence-electron chi connectivity index (χ1n) is 7.73. The summed E-state index contributed by atoms with van der Waals surface area (Å²) in [5.41, 5.74) is 1.12. The van der Waals surface area contributed by atoms with Crippen molar-refractivity contribution in [1.82, 2.24) is 0 Å². The summed E-state index contributed by atoms with van der Waals surface area (Å²) in [6, 6.07) is 5.98. The molecule has 3 nitrogen and oxygen atoms in total. The number of carbonyl (C=O) groups is 1. The predicted molar refractivity (Wildman–Crippen MR) is 89.8 cm³/mol. The number of methoxy groups -OCH3 is 1. The molecule has 0 aliphatic rings. The van der Waals surface area contributed by atoms with Crippen molar-refractivity contribution in [3.63, 3.8) is 0 Å². The van der Waals surface area contributed by atoms with Crippen LogP contribution in [0.1, 0.15) is 38.2 Å². The molecule has 1 rings (SSSR count). The zero-order chi connectivity index (χ0) is 15.9. The zero-order valence-corrected chi connectivity index (χ0v) is 15.0. The number of rotatable bonds is 9. The third kappa shape index (κ3) is 6.80. The third-order valence-corrected chi connectivity index (χ3v) is 3.98. The molecule has 0 bridgehead atoms. The number of ether oxygens (including phenoxy) is 1. The Hall–Kier alpha value is -1.29. The summed E-state index contributed by atoms with van der Waals surface area (Å²) in [4.78, 5) is 11.7. The molecule has 0 atom stereocenters. The van der Waals surface area contributed by atoms with Crippen LogP contribution in [0.25, 0.3) is 0 Å². The second-order valence-corrected chi connectivity index (χ2v) is 10.8. The first kappa shape index (κ1) is 17.8. The van der Waals surface area contributed by atoms with E-state index in [1.54, 1.807) is 7.11 Å². The lowest BCUT2D eigenvalue weighted by atomic mass is 10.0. The molecule has 0 fully saturated rings. The molecule has 0 amide bonds. The molecule has 0 aliphatic heterocycles. The van der Waals surface area contributed by atoms with Crippen LogP contribution in [0.2, 0.25) is 19.6 Å². The first-order chi connectivity index (χ1) is 9.85. The highest BCUT2D eigenvalue weighted by atomic mass is 28.4. The fraction of sp³-hybridized carbons (Fsp3) is 0.588. The van der Waals surface area contributed by atoms with Crippen LogP contribution in [-0.2, 0) is 11.2 Å². The maximum atomic E-state index is 11.7. The standard InChI is InChI=1S/C17H28O3Si/c1-6-7-8-15(18)11-9-14-10-12-16(17(13-14)19-2)20-21(3,4)5/h10,12-13H,6-9,11H2,1-5H3. The summed E-state index contributed by atoms with van der Waals surface area (Å²) in [6.07, 6.45) is 4.14. The number of benzene rings is 1. The Bertz CT molecular complexity index is 464. The van der Waals surface area contributed by atoms with E-state index in [-0.39, 0.29) is 0 Å². The fourth-order valence-corrected chi connectivity index (χ4v) is 2.89. The second-order valence-electron chi connectivity index (χ2n) is 6.34. The van der Waals surface area contributed by atoms with Crippen molar-refractivity contribution in [3.8, 4) is 11.5 Å². The number of ketones is 1. The molecule has 4 heteroatoms. The van der Waals surface area contributed by atoms with Crippen LogP contribution in [0.3, 0.4) is 0 Å². The van der Waals surface area contributed by atoms with Crippen molar-refractivity contribution in [2.75, 3.05) is 7.11 Å². The Labute approximate surface area is 129 Å². The van der Waals surface area contributed by atoms with Crippen LogP contribution < -0.4 is 9.16 Å². The average molecular weight is 308 g/mol. The van der Waals surface area contributed by atoms with E-state index < -0.39 is 8.32 Å². The Balaban J connectivity index is 2.67. The van der Waals surface area contributed by atoms with Gasteiger partial charge >= 0.3 is 0 Å². The summed E-state index contributed by atoms with van der Waals surface area (Å²) >= 11 is 0. The number of hydrogen-bond donors (Lipinski definition) is 0. The lowest BCUT2D eigenvalue weighted by molar-refractivity contribution is -0.119. The highest BCUT2D eigenvalue weighted by Gasteiger charge is 2.18. The SMILES string of the molecule is CCCCC(=O)CCc1ccc(O[Si](C)(C)C)c(OC)c1. The quantitative estimate of drug-likeness (QED) is 0.625. The van der Waals surface area contributed by atoms with Gasteiger partial charge in [0.15, 0.2) is 5.75 Å². The summed E-state index contributed by atoms with van der Waals surface area (Å²) in [7, 11) is 0.00679. The molecule has 0 N–H and O–H groups in total. The van der Waals surface area contributed by atoms with Crippen LogP contribution in [-0.4, -0.2) is 21.2 Å². The molecule has 0 aliphatic carbocycles. The van der Waals surface area contributed by atoms with E-state index in [9.17, 15) is 4.79 Å². The fourth-order valence-electron chi connectivity index (χ4n) is 2.06. The minimum Gasteiger partial charge on any atom is -0.542 e. The van der Waals surface area contributed by atoms with Gasteiger partial charge in [0.2, 0.25) is 8.32 Å². The Morgan fingerprint density at radius 3 is 2.43 bits per heavy atom. The van der Waals surface area contributed by atoms with E-state index >= 15 is 0 Å². The van der Waals surface area contributed by atoms with Crippen molar-refractivity contribution < 1.29 is 14.0 Å². The van der Waals surface area contributed by atoms with Gasteiger partial charge < -0.3 is 9.16 Å². The Morgan fingerprint density at radius 2 is 1.86 bits per heavy atom. The molecule has 0 unspecified atom stereocenters. The topological polar surface area (TPSA) is 35.5 Å². The van der Waals surface area contributed by atoms with Crippen LogP contribution >= 0.6 is 0 Å². The van der Waals surface area contributed by atoms with Gasteiger partial charge in [-0.1, -0.05) is 19.4 Å². The number of unbranched alkanes of at least 4 members (excludes halogenated alkanes) is 1. The molecule has 118 valence electrons. The van der Waals surface area contributed by atoms with Crippen LogP contribution in [0, 0.1) is 0 Å². The third-order valence-electron chi connectivity index (χ3n) is 3.15. The van der Waals surface area contributed by atoms with E-state index in [1.165, 1.54) is 0 Å². The monoisotopic (exact) mass is 308 g/mol. The average Bonchev–Trinajstić information content (AvgIpc) is 2.42. The molecular weight excluding hydrogens is 280 g/mol. The van der Waals surface area contributed by atoms with Crippen LogP contribution in [0.5, 0.6) is 11.5 Å². The number of hydrogen-bond acceptors (Lipinski definition) is 3. The van der Waals surface area contributed by atoms with Gasteiger partial charge in [0.05, 0.1) is 7.11 Å². The number of carbonyl (C=O) groups excluding carboxylic acids is 1. The molecule has 1 aromatic rings. The molecule has 0 radical (unpaired) electrons. The normalized spacial score (nSPS) is 11.3. The smallest absolute Gasteiger partial charge is 0.242 e. The van der Waals surface area contributed by atoms with E-state index in [0.717, 1.165) is 36.3 Å². The Morgan fingerprint density at radius 1 is 1.14 bits per heavy atom. The molecule has 0 spiro atoms. The summed E-state index contributed by atoms with van der Waals surface area (Å²) in [6.45, 7) is 8.54. The molecule has 1 aromatic carbocycles. The van der Waals surface area contributed by atoms with Crippen molar-refractivity contribution in [2.24, 2.45) is 0 Å². The van der Waals surface area contributed by atoms with Crippen LogP contribution in [0.4, 0.5) is 0 Å². The highest BCUT2D eigenvalue weighted by molar-refractivity contribution is 6.70. The van der Waals surface area contributed by atoms with Gasteiger partial charge in [-0.15, -0.1) is 0 Å². The van der Waals surface area contributed by atoms with Crippen molar-refractivity contribution >= 4 is 14.1 Å². The Kier molecular flexibility index (Phi) is 6.95. The molecule has 0 saturated carbocycles. The van der Waals surface area contributed by atoms with E-state index in [1.807, 2.05) is 18.2 Å². The zero-order valence-electron chi connectivity index (χ0n) is 14.0. The van der Waals surface area contributed by atoms with E-state index in [0.29, 0.717) is 18.6 Å². The summed E-state index contributed by atoms with van der Waals surface area (Å²) in [5.74, 6) is 1.91.